The van der Waals surface area contributed by atoms with Crippen molar-refractivity contribution in [1.29, 1.82) is 0 Å². The van der Waals surface area contributed by atoms with Crippen molar-refractivity contribution < 1.29 is 0 Å². The van der Waals surface area contributed by atoms with Crippen molar-refractivity contribution in [3.8, 4) is 0 Å². The SMILES string of the molecule is CCc1ccc(N(CC)CCCN)cc1. The van der Waals surface area contributed by atoms with Crippen molar-refractivity contribution in [3.05, 3.63) is 29.8 Å². The van der Waals surface area contributed by atoms with Gasteiger partial charge in [-0.3, -0.25) is 0 Å². The maximum Gasteiger partial charge on any atom is 0.0366 e. The molecule has 15 heavy (non-hydrogen) atoms. The second-order valence-electron chi connectivity index (χ2n) is 3.74. The minimum Gasteiger partial charge on any atom is -0.372 e. The van der Waals surface area contributed by atoms with Gasteiger partial charge in [0.05, 0.1) is 0 Å². The molecule has 0 fully saturated rings. The van der Waals surface area contributed by atoms with Crippen molar-refractivity contribution in [1.82, 2.24) is 0 Å². The van der Waals surface area contributed by atoms with Gasteiger partial charge in [0, 0.05) is 18.8 Å². The lowest BCUT2D eigenvalue weighted by Gasteiger charge is -2.23. The van der Waals surface area contributed by atoms with Crippen molar-refractivity contribution in [3.63, 3.8) is 0 Å². The van der Waals surface area contributed by atoms with Gasteiger partial charge in [0.25, 0.3) is 0 Å². The third kappa shape index (κ3) is 3.56. The zero-order chi connectivity index (χ0) is 11.1. The number of nitrogens with zero attached hydrogens (tertiary/aromatic N) is 1. The molecule has 1 aromatic carbocycles. The van der Waals surface area contributed by atoms with E-state index in [-0.39, 0.29) is 0 Å². The zero-order valence-corrected chi connectivity index (χ0v) is 9.87. The Kier molecular flexibility index (Phi) is 5.19. The first kappa shape index (κ1) is 12.1. The molecular formula is C13H22N2. The first-order chi connectivity index (χ1) is 7.31. The van der Waals surface area contributed by atoms with Gasteiger partial charge >= 0.3 is 0 Å². The Morgan fingerprint density at radius 1 is 1.13 bits per heavy atom. The summed E-state index contributed by atoms with van der Waals surface area (Å²) in [5, 5.41) is 0. The lowest BCUT2D eigenvalue weighted by molar-refractivity contribution is 0.754. The fourth-order valence-electron chi connectivity index (χ4n) is 1.69. The second-order valence-corrected chi connectivity index (χ2v) is 3.74. The van der Waals surface area contributed by atoms with E-state index in [0.29, 0.717) is 0 Å². The van der Waals surface area contributed by atoms with Gasteiger partial charge in [-0.25, -0.2) is 0 Å². The van der Waals surface area contributed by atoms with Gasteiger partial charge in [0.15, 0.2) is 0 Å². The molecule has 1 rings (SSSR count). The van der Waals surface area contributed by atoms with E-state index < -0.39 is 0 Å². The highest BCUT2D eigenvalue weighted by Crippen LogP contribution is 2.15. The number of hydrogen-bond acceptors (Lipinski definition) is 2. The molecule has 0 heterocycles. The normalized spacial score (nSPS) is 10.3. The van der Waals surface area contributed by atoms with E-state index in [0.717, 1.165) is 32.5 Å². The number of hydrogen-bond donors (Lipinski definition) is 1. The average molecular weight is 206 g/mol. The van der Waals surface area contributed by atoms with E-state index >= 15 is 0 Å². The van der Waals surface area contributed by atoms with E-state index in [1.54, 1.807) is 0 Å². The van der Waals surface area contributed by atoms with Crippen LogP contribution in [-0.4, -0.2) is 19.6 Å². The molecule has 0 aliphatic rings. The number of rotatable bonds is 6. The Morgan fingerprint density at radius 3 is 2.27 bits per heavy atom. The molecule has 0 unspecified atom stereocenters. The highest BCUT2D eigenvalue weighted by molar-refractivity contribution is 5.47. The maximum atomic E-state index is 5.53. The molecule has 0 saturated heterocycles. The molecule has 0 atom stereocenters. The number of aryl methyl sites for hydroxylation is 1. The molecule has 0 aliphatic heterocycles. The Bertz CT molecular complexity index is 266. The Balaban J connectivity index is 2.65. The Hall–Kier alpha value is -1.02. The minimum absolute atomic E-state index is 0.767. The summed E-state index contributed by atoms with van der Waals surface area (Å²) < 4.78 is 0. The van der Waals surface area contributed by atoms with E-state index in [2.05, 4.69) is 43.0 Å². The maximum absolute atomic E-state index is 5.53. The fraction of sp³-hybridized carbons (Fsp3) is 0.538. The fourth-order valence-corrected chi connectivity index (χ4v) is 1.69. The topological polar surface area (TPSA) is 29.3 Å². The number of benzene rings is 1. The molecule has 0 aliphatic carbocycles. The van der Waals surface area contributed by atoms with Crippen LogP contribution >= 0.6 is 0 Å². The molecule has 0 bridgehead atoms. The van der Waals surface area contributed by atoms with Gasteiger partial charge in [-0.1, -0.05) is 19.1 Å². The summed E-state index contributed by atoms with van der Waals surface area (Å²) in [6.45, 7) is 7.23. The zero-order valence-electron chi connectivity index (χ0n) is 9.87. The minimum atomic E-state index is 0.767. The molecule has 84 valence electrons. The molecule has 1 aromatic rings. The molecule has 0 aromatic heterocycles. The summed E-state index contributed by atoms with van der Waals surface area (Å²) >= 11 is 0. The summed E-state index contributed by atoms with van der Waals surface area (Å²) in [6, 6.07) is 8.83. The summed E-state index contributed by atoms with van der Waals surface area (Å²) in [4.78, 5) is 2.37. The van der Waals surface area contributed by atoms with Crippen LogP contribution in [0.3, 0.4) is 0 Å². The molecular weight excluding hydrogens is 184 g/mol. The summed E-state index contributed by atoms with van der Waals surface area (Å²) in [7, 11) is 0. The highest BCUT2D eigenvalue weighted by atomic mass is 15.1. The lowest BCUT2D eigenvalue weighted by atomic mass is 10.1. The number of anilines is 1. The number of nitrogens with two attached hydrogens (primary N) is 1. The first-order valence-corrected chi connectivity index (χ1v) is 5.85. The third-order valence-electron chi connectivity index (χ3n) is 2.72. The van der Waals surface area contributed by atoms with E-state index in [4.69, 9.17) is 5.73 Å². The van der Waals surface area contributed by atoms with Crippen molar-refractivity contribution in [2.75, 3.05) is 24.5 Å². The smallest absolute Gasteiger partial charge is 0.0366 e. The van der Waals surface area contributed by atoms with Gasteiger partial charge in [-0.2, -0.15) is 0 Å². The lowest BCUT2D eigenvalue weighted by Crippen LogP contribution is -2.25. The van der Waals surface area contributed by atoms with Gasteiger partial charge < -0.3 is 10.6 Å². The Morgan fingerprint density at radius 2 is 1.80 bits per heavy atom. The summed E-state index contributed by atoms with van der Waals surface area (Å²) in [6.07, 6.45) is 2.17. The van der Waals surface area contributed by atoms with E-state index in [1.807, 2.05) is 0 Å². The monoisotopic (exact) mass is 206 g/mol. The van der Waals surface area contributed by atoms with Crippen molar-refractivity contribution in [2.45, 2.75) is 26.7 Å². The highest BCUT2D eigenvalue weighted by Gasteiger charge is 2.02. The molecule has 0 radical (unpaired) electrons. The van der Waals surface area contributed by atoms with Crippen LogP contribution in [-0.2, 0) is 6.42 Å². The van der Waals surface area contributed by atoms with Crippen molar-refractivity contribution >= 4 is 5.69 Å². The van der Waals surface area contributed by atoms with Crippen LogP contribution in [0.15, 0.2) is 24.3 Å². The van der Waals surface area contributed by atoms with Crippen LogP contribution in [0.4, 0.5) is 5.69 Å². The van der Waals surface area contributed by atoms with Gasteiger partial charge in [-0.15, -0.1) is 0 Å². The standard InChI is InChI=1S/C13H22N2/c1-3-12-6-8-13(9-7-12)15(4-2)11-5-10-14/h6-9H,3-5,10-11,14H2,1-2H3. The summed E-state index contributed by atoms with van der Waals surface area (Å²) in [5.74, 6) is 0. The molecule has 2 N–H and O–H groups in total. The van der Waals surface area contributed by atoms with Crippen LogP contribution < -0.4 is 10.6 Å². The summed E-state index contributed by atoms with van der Waals surface area (Å²) in [5.41, 5.74) is 8.23. The predicted octanol–water partition coefficient (Wildman–Crippen LogP) is 2.42. The van der Waals surface area contributed by atoms with Crippen molar-refractivity contribution in [2.24, 2.45) is 5.73 Å². The van der Waals surface area contributed by atoms with Crippen LogP contribution in [0.5, 0.6) is 0 Å². The second kappa shape index (κ2) is 6.46. The van der Waals surface area contributed by atoms with Gasteiger partial charge in [0.1, 0.15) is 0 Å². The van der Waals surface area contributed by atoms with Crippen LogP contribution in [0.25, 0.3) is 0 Å². The molecule has 2 heteroatoms. The Labute approximate surface area is 93.1 Å². The molecule has 0 saturated carbocycles. The quantitative estimate of drug-likeness (QED) is 0.774. The first-order valence-electron chi connectivity index (χ1n) is 5.85. The van der Waals surface area contributed by atoms with Crippen LogP contribution in [0.2, 0.25) is 0 Å². The van der Waals surface area contributed by atoms with Crippen LogP contribution in [0.1, 0.15) is 25.8 Å². The average Bonchev–Trinajstić information content (AvgIpc) is 2.31. The van der Waals surface area contributed by atoms with Crippen LogP contribution in [0, 0.1) is 0 Å². The molecule has 0 spiro atoms. The molecule has 0 amide bonds. The van der Waals surface area contributed by atoms with E-state index in [1.165, 1.54) is 11.3 Å². The third-order valence-corrected chi connectivity index (χ3v) is 2.72. The largest absolute Gasteiger partial charge is 0.372 e. The van der Waals surface area contributed by atoms with Gasteiger partial charge in [0.2, 0.25) is 0 Å². The van der Waals surface area contributed by atoms with E-state index in [9.17, 15) is 0 Å². The molecule has 2 nitrogen and oxygen atoms in total. The van der Waals surface area contributed by atoms with Gasteiger partial charge in [-0.05, 0) is 44.0 Å². The predicted molar refractivity (Wildman–Crippen MR) is 67.4 cm³/mol.